The topological polar surface area (TPSA) is 92.6 Å². The fourth-order valence-corrected chi connectivity index (χ4v) is 3.05. The van der Waals surface area contributed by atoms with Crippen molar-refractivity contribution in [3.8, 4) is 0 Å². The number of nitrogens with zero attached hydrogens (tertiary/aromatic N) is 1. The summed E-state index contributed by atoms with van der Waals surface area (Å²) in [4.78, 5) is 13.2. The molecule has 0 aliphatic heterocycles. The second-order valence-corrected chi connectivity index (χ2v) is 6.80. The maximum atomic E-state index is 11.4. The van der Waals surface area contributed by atoms with Crippen LogP contribution < -0.4 is 41.0 Å². The molecule has 0 aromatic rings. The maximum Gasteiger partial charge on any atom is 1.00 e. The summed E-state index contributed by atoms with van der Waals surface area (Å²) in [5.74, 6) is -0.885. The standard InChI is InChI=1S/C18H39N3O2.Na.H/c1-4-5-6-7-8-9-10-11-12-13-14-21(16(3)20)17(15(2)19)18(22)23;;/h15-17H,4-14,19-20H2,1-3H3,(H,22,23);;/q;+1;-1. The molecule has 5 nitrogen and oxygen atoms in total. The first-order valence-electron chi connectivity index (χ1n) is 9.41. The summed E-state index contributed by atoms with van der Waals surface area (Å²) in [6.45, 7) is 6.50. The van der Waals surface area contributed by atoms with Gasteiger partial charge in [-0.1, -0.05) is 64.7 Å². The molecule has 0 aliphatic rings. The molecule has 0 saturated carbocycles. The van der Waals surface area contributed by atoms with Gasteiger partial charge in [-0.05, 0) is 20.3 Å². The first kappa shape index (κ1) is 26.6. The van der Waals surface area contributed by atoms with E-state index in [1.807, 2.05) is 11.8 Å². The van der Waals surface area contributed by atoms with Crippen molar-refractivity contribution < 1.29 is 40.9 Å². The van der Waals surface area contributed by atoms with E-state index in [9.17, 15) is 9.90 Å². The Kier molecular flexibility index (Phi) is 18.6. The zero-order chi connectivity index (χ0) is 17.7. The Balaban J connectivity index is -0.00000242. The minimum Gasteiger partial charge on any atom is -1.00 e. The van der Waals surface area contributed by atoms with Gasteiger partial charge in [-0.25, -0.2) is 0 Å². The molecule has 0 radical (unpaired) electrons. The van der Waals surface area contributed by atoms with Crippen LogP contribution in [0.2, 0.25) is 0 Å². The van der Waals surface area contributed by atoms with E-state index >= 15 is 0 Å². The first-order valence-corrected chi connectivity index (χ1v) is 9.41. The zero-order valence-corrected chi connectivity index (χ0v) is 18.5. The molecule has 0 bridgehead atoms. The van der Waals surface area contributed by atoms with Crippen molar-refractivity contribution >= 4 is 5.97 Å². The summed E-state index contributed by atoms with van der Waals surface area (Å²) in [5.41, 5.74) is 11.8. The molecule has 24 heavy (non-hydrogen) atoms. The second-order valence-electron chi connectivity index (χ2n) is 6.80. The normalized spacial score (nSPS) is 14.9. The molecule has 0 saturated heterocycles. The predicted molar refractivity (Wildman–Crippen MR) is 98.4 cm³/mol. The summed E-state index contributed by atoms with van der Waals surface area (Å²) in [5, 5.41) is 9.35. The van der Waals surface area contributed by atoms with E-state index in [2.05, 4.69) is 6.92 Å². The number of aliphatic carboxylic acids is 1. The molecule has 140 valence electrons. The number of carboxylic acids is 1. The average molecular weight is 354 g/mol. The van der Waals surface area contributed by atoms with Crippen LogP contribution in [0.3, 0.4) is 0 Å². The fraction of sp³-hybridized carbons (Fsp3) is 0.944. The van der Waals surface area contributed by atoms with Crippen LogP contribution in [0.25, 0.3) is 0 Å². The number of nitrogens with two attached hydrogens (primary N) is 2. The molecular formula is C18H40N3NaO2. The molecule has 0 fully saturated rings. The van der Waals surface area contributed by atoms with Gasteiger partial charge in [0, 0.05) is 12.6 Å². The van der Waals surface area contributed by atoms with E-state index in [1.165, 1.54) is 51.4 Å². The van der Waals surface area contributed by atoms with Gasteiger partial charge in [0.05, 0.1) is 6.17 Å². The first-order chi connectivity index (χ1) is 10.9. The van der Waals surface area contributed by atoms with Crippen molar-refractivity contribution in [1.82, 2.24) is 4.90 Å². The number of hydrogen-bond acceptors (Lipinski definition) is 4. The van der Waals surface area contributed by atoms with Crippen molar-refractivity contribution in [3.63, 3.8) is 0 Å². The SMILES string of the molecule is CCCCCCCCCCCCN(C(C)N)C(C(=O)O)C(C)N.[H-].[Na+]. The summed E-state index contributed by atoms with van der Waals surface area (Å²) >= 11 is 0. The number of rotatable bonds is 15. The molecule has 0 spiro atoms. The Bertz CT molecular complexity index is 308. The Morgan fingerprint density at radius 1 is 0.958 bits per heavy atom. The number of hydrogen-bond donors (Lipinski definition) is 3. The van der Waals surface area contributed by atoms with Crippen LogP contribution in [0.1, 0.15) is 86.4 Å². The van der Waals surface area contributed by atoms with E-state index < -0.39 is 18.1 Å². The van der Waals surface area contributed by atoms with Gasteiger partial charge in [0.2, 0.25) is 0 Å². The molecular weight excluding hydrogens is 313 g/mol. The molecule has 5 N–H and O–H groups in total. The predicted octanol–water partition coefficient (Wildman–Crippen LogP) is 0.431. The van der Waals surface area contributed by atoms with E-state index in [-0.39, 0.29) is 37.1 Å². The summed E-state index contributed by atoms with van der Waals surface area (Å²) in [6, 6.07) is -1.13. The number of carboxylic acid groups (broad SMARTS) is 1. The molecule has 3 atom stereocenters. The quantitative estimate of drug-likeness (QED) is 0.226. The van der Waals surface area contributed by atoms with Gasteiger partial charge in [-0.15, -0.1) is 0 Å². The third-order valence-electron chi connectivity index (χ3n) is 4.40. The monoisotopic (exact) mass is 353 g/mol. The summed E-state index contributed by atoms with van der Waals surface area (Å²) in [6.07, 6.45) is 12.4. The third-order valence-corrected chi connectivity index (χ3v) is 4.40. The van der Waals surface area contributed by atoms with Crippen molar-refractivity contribution in [3.05, 3.63) is 0 Å². The molecule has 6 heteroatoms. The average Bonchev–Trinajstić information content (AvgIpc) is 2.46. The largest absolute Gasteiger partial charge is 1.00 e. The molecule has 0 aliphatic carbocycles. The van der Waals surface area contributed by atoms with E-state index in [0.29, 0.717) is 6.54 Å². The second kappa shape index (κ2) is 16.8. The smallest absolute Gasteiger partial charge is 1.00 e. The zero-order valence-electron chi connectivity index (χ0n) is 17.5. The Hall–Kier alpha value is 0.350. The molecule has 0 aromatic carbocycles. The number of carbonyl (C=O) groups is 1. The number of unbranched alkanes of at least 4 members (excludes halogenated alkanes) is 9. The van der Waals surface area contributed by atoms with Gasteiger partial charge in [-0.3, -0.25) is 9.69 Å². The fourth-order valence-electron chi connectivity index (χ4n) is 3.05. The van der Waals surface area contributed by atoms with Gasteiger partial charge in [0.15, 0.2) is 0 Å². The molecule has 0 aromatic heterocycles. The Labute approximate surface area is 172 Å². The van der Waals surface area contributed by atoms with Gasteiger partial charge in [0.25, 0.3) is 0 Å². The van der Waals surface area contributed by atoms with Crippen molar-refractivity contribution in [2.75, 3.05) is 6.54 Å². The third kappa shape index (κ3) is 12.7. The molecule has 0 rings (SSSR count). The molecule has 3 unspecified atom stereocenters. The Morgan fingerprint density at radius 3 is 1.71 bits per heavy atom. The van der Waals surface area contributed by atoms with Crippen LogP contribution in [0.15, 0.2) is 0 Å². The van der Waals surface area contributed by atoms with Crippen LogP contribution >= 0.6 is 0 Å². The van der Waals surface area contributed by atoms with Gasteiger partial charge in [-0.2, -0.15) is 0 Å². The minimum atomic E-state index is -0.885. The van der Waals surface area contributed by atoms with Gasteiger partial charge < -0.3 is 18.0 Å². The van der Waals surface area contributed by atoms with Crippen molar-refractivity contribution in [1.29, 1.82) is 0 Å². The van der Waals surface area contributed by atoms with Crippen LogP contribution in [-0.4, -0.2) is 40.8 Å². The summed E-state index contributed by atoms with van der Waals surface area (Å²) < 4.78 is 0. The van der Waals surface area contributed by atoms with Crippen LogP contribution in [0.5, 0.6) is 0 Å². The molecule has 0 amide bonds. The maximum absolute atomic E-state index is 11.4. The Morgan fingerprint density at radius 2 is 1.38 bits per heavy atom. The minimum absolute atomic E-state index is 0. The van der Waals surface area contributed by atoms with Crippen LogP contribution in [0.4, 0.5) is 0 Å². The van der Waals surface area contributed by atoms with E-state index in [1.54, 1.807) is 6.92 Å². The van der Waals surface area contributed by atoms with Crippen LogP contribution in [-0.2, 0) is 4.79 Å². The van der Waals surface area contributed by atoms with Gasteiger partial charge in [0.1, 0.15) is 6.04 Å². The van der Waals surface area contributed by atoms with E-state index in [0.717, 1.165) is 12.8 Å². The van der Waals surface area contributed by atoms with E-state index in [4.69, 9.17) is 11.5 Å². The van der Waals surface area contributed by atoms with Crippen LogP contribution in [0, 0.1) is 0 Å². The van der Waals surface area contributed by atoms with Gasteiger partial charge >= 0.3 is 35.5 Å². The van der Waals surface area contributed by atoms with Crippen molar-refractivity contribution in [2.45, 2.75) is 103 Å². The van der Waals surface area contributed by atoms with Crippen molar-refractivity contribution in [2.24, 2.45) is 11.5 Å². The molecule has 0 heterocycles. The summed E-state index contributed by atoms with van der Waals surface area (Å²) in [7, 11) is 0.